The van der Waals surface area contributed by atoms with Crippen LogP contribution < -0.4 is 32.3 Å². The van der Waals surface area contributed by atoms with Crippen LogP contribution in [-0.4, -0.2) is 65.4 Å². The molecule has 0 fully saturated rings. The average Bonchev–Trinajstić information content (AvgIpc) is 2.81. The predicted molar refractivity (Wildman–Crippen MR) is 143 cm³/mol. The summed E-state index contributed by atoms with van der Waals surface area (Å²) in [5.41, 5.74) is 5.43. The number of unbranched alkanes of at least 4 members (excludes halogenated alkanes) is 12. The van der Waals surface area contributed by atoms with Crippen LogP contribution in [0.3, 0.4) is 0 Å². The molecule has 6 heteroatoms. The fourth-order valence-corrected chi connectivity index (χ4v) is 3.65. The third kappa shape index (κ3) is 29.3. The van der Waals surface area contributed by atoms with Crippen molar-refractivity contribution in [2.24, 2.45) is 5.73 Å². The summed E-state index contributed by atoms with van der Waals surface area (Å²) in [5, 5.41) is 17.0. The average molecular weight is 455 g/mol. The summed E-state index contributed by atoms with van der Waals surface area (Å²) in [4.78, 5) is 0. The van der Waals surface area contributed by atoms with Crippen molar-refractivity contribution in [1.82, 2.24) is 26.6 Å². The quantitative estimate of drug-likeness (QED) is 0.102. The molecule has 0 aromatic rings. The van der Waals surface area contributed by atoms with Gasteiger partial charge in [-0.3, -0.25) is 0 Å². The summed E-state index contributed by atoms with van der Waals surface area (Å²) in [7, 11) is 0. The zero-order valence-corrected chi connectivity index (χ0v) is 21.5. The second kappa shape index (κ2) is 30.3. The van der Waals surface area contributed by atoms with Crippen LogP contribution in [0.1, 0.15) is 90.4 Å². The maximum atomic E-state index is 5.43. The largest absolute Gasteiger partial charge is 0.390 e. The summed E-state index contributed by atoms with van der Waals surface area (Å²) >= 11 is 0. The Morgan fingerprint density at radius 3 is 1.38 bits per heavy atom. The summed E-state index contributed by atoms with van der Waals surface area (Å²) < 4.78 is 0. The Balaban J connectivity index is 3.06. The highest BCUT2D eigenvalue weighted by atomic mass is 15.0. The van der Waals surface area contributed by atoms with E-state index in [0.717, 1.165) is 58.9 Å². The fourth-order valence-electron chi connectivity index (χ4n) is 3.65. The number of allylic oxidation sites excluding steroid dienone is 1. The summed E-state index contributed by atoms with van der Waals surface area (Å²) in [5.74, 6) is 0. The molecule has 6 nitrogen and oxygen atoms in total. The van der Waals surface area contributed by atoms with Gasteiger partial charge in [-0.15, -0.1) is 0 Å². The molecule has 0 aliphatic heterocycles. The number of nitrogens with one attached hydrogen (secondary N) is 5. The van der Waals surface area contributed by atoms with E-state index in [1.165, 1.54) is 83.5 Å². The van der Waals surface area contributed by atoms with Gasteiger partial charge in [0.2, 0.25) is 0 Å². The van der Waals surface area contributed by atoms with Crippen molar-refractivity contribution < 1.29 is 0 Å². The highest BCUT2D eigenvalue weighted by molar-refractivity contribution is 4.79. The first-order chi connectivity index (χ1) is 15.9. The number of hydrogen-bond acceptors (Lipinski definition) is 6. The Kier molecular flexibility index (Phi) is 29.7. The molecule has 0 aliphatic carbocycles. The zero-order valence-electron chi connectivity index (χ0n) is 21.5. The molecule has 0 rings (SSSR count). The summed E-state index contributed by atoms with van der Waals surface area (Å²) in [6, 6.07) is 0. The highest BCUT2D eigenvalue weighted by Gasteiger charge is 1.93. The van der Waals surface area contributed by atoms with Gasteiger partial charge in [-0.1, -0.05) is 83.6 Å². The van der Waals surface area contributed by atoms with Crippen LogP contribution in [-0.2, 0) is 0 Å². The third-order valence-corrected chi connectivity index (χ3v) is 5.66. The third-order valence-electron chi connectivity index (χ3n) is 5.66. The van der Waals surface area contributed by atoms with E-state index >= 15 is 0 Å². The van der Waals surface area contributed by atoms with Gasteiger partial charge < -0.3 is 32.3 Å². The number of nitrogens with two attached hydrogens (primary N) is 1. The Morgan fingerprint density at radius 2 is 0.906 bits per heavy atom. The van der Waals surface area contributed by atoms with Crippen LogP contribution in [0.5, 0.6) is 0 Å². The molecule has 192 valence electrons. The summed E-state index contributed by atoms with van der Waals surface area (Å²) in [6.45, 7) is 11.9. The first-order valence-corrected chi connectivity index (χ1v) is 13.8. The van der Waals surface area contributed by atoms with Gasteiger partial charge >= 0.3 is 0 Å². The fraction of sp³-hybridized carbons (Fsp3) is 0.923. The molecule has 0 unspecified atom stereocenters. The Hall–Kier alpha value is -0.660. The van der Waals surface area contributed by atoms with Gasteiger partial charge in [0.25, 0.3) is 0 Å². The number of hydrogen-bond donors (Lipinski definition) is 6. The molecule has 0 saturated heterocycles. The molecular formula is C26H58N6. The Morgan fingerprint density at radius 1 is 0.500 bits per heavy atom. The van der Waals surface area contributed by atoms with Gasteiger partial charge in [0, 0.05) is 65.4 Å². The van der Waals surface area contributed by atoms with Crippen LogP contribution in [0, 0.1) is 0 Å². The lowest BCUT2D eigenvalue weighted by Crippen LogP contribution is -2.36. The smallest absolute Gasteiger partial charge is 0.0266 e. The van der Waals surface area contributed by atoms with Crippen LogP contribution in [0.2, 0.25) is 0 Å². The molecule has 0 amide bonds. The topological polar surface area (TPSA) is 86.2 Å². The second-order valence-electron chi connectivity index (χ2n) is 8.82. The van der Waals surface area contributed by atoms with Crippen molar-refractivity contribution in [2.45, 2.75) is 90.4 Å². The van der Waals surface area contributed by atoms with Crippen molar-refractivity contribution in [2.75, 3.05) is 65.4 Å². The molecule has 0 radical (unpaired) electrons. The lowest BCUT2D eigenvalue weighted by molar-refractivity contribution is 0.544. The van der Waals surface area contributed by atoms with Crippen molar-refractivity contribution in [1.29, 1.82) is 0 Å². The van der Waals surface area contributed by atoms with E-state index in [4.69, 9.17) is 5.73 Å². The van der Waals surface area contributed by atoms with Gasteiger partial charge in [0.05, 0.1) is 0 Å². The minimum atomic E-state index is 0.708. The highest BCUT2D eigenvalue weighted by Crippen LogP contribution is 2.12. The molecule has 0 heterocycles. The first-order valence-electron chi connectivity index (χ1n) is 13.8. The van der Waals surface area contributed by atoms with Gasteiger partial charge in [0.1, 0.15) is 0 Å². The predicted octanol–water partition coefficient (Wildman–Crippen LogP) is 3.50. The van der Waals surface area contributed by atoms with Crippen LogP contribution in [0.25, 0.3) is 0 Å². The molecule has 7 N–H and O–H groups in total. The SMILES string of the molecule is CCCCCCCCCCCCCCC=CNCCNCCNCCNCCNCCN. The summed E-state index contributed by atoms with van der Waals surface area (Å²) in [6.07, 6.45) is 22.7. The van der Waals surface area contributed by atoms with Crippen LogP contribution >= 0.6 is 0 Å². The molecule has 0 atom stereocenters. The monoisotopic (exact) mass is 454 g/mol. The Bertz CT molecular complexity index is 351. The minimum absolute atomic E-state index is 0.708. The molecule has 0 bridgehead atoms. The van der Waals surface area contributed by atoms with Gasteiger partial charge in [-0.25, -0.2) is 0 Å². The van der Waals surface area contributed by atoms with E-state index in [9.17, 15) is 0 Å². The van der Waals surface area contributed by atoms with E-state index in [-0.39, 0.29) is 0 Å². The second-order valence-corrected chi connectivity index (χ2v) is 8.82. The lowest BCUT2D eigenvalue weighted by Gasteiger charge is -2.08. The van der Waals surface area contributed by atoms with Crippen LogP contribution in [0.4, 0.5) is 0 Å². The molecule has 0 aromatic heterocycles. The molecule has 0 aromatic carbocycles. The standard InChI is InChI=1S/C26H58N6/c1-2-3-4-5-6-7-8-9-10-11-12-13-14-15-17-28-19-21-30-23-25-32-26-24-31-22-20-29-18-16-27/h15,17,28-32H,2-14,16,18-27H2,1H3. The molecule has 0 saturated carbocycles. The minimum Gasteiger partial charge on any atom is -0.390 e. The first kappa shape index (κ1) is 31.3. The van der Waals surface area contributed by atoms with E-state index < -0.39 is 0 Å². The maximum Gasteiger partial charge on any atom is 0.0266 e. The van der Waals surface area contributed by atoms with E-state index in [0.29, 0.717) is 6.54 Å². The van der Waals surface area contributed by atoms with Crippen molar-refractivity contribution in [3.05, 3.63) is 12.3 Å². The molecule has 32 heavy (non-hydrogen) atoms. The maximum absolute atomic E-state index is 5.43. The normalized spacial score (nSPS) is 11.6. The van der Waals surface area contributed by atoms with Crippen molar-refractivity contribution in [3.8, 4) is 0 Å². The van der Waals surface area contributed by atoms with Crippen molar-refractivity contribution in [3.63, 3.8) is 0 Å². The Labute approximate surface area is 200 Å². The van der Waals surface area contributed by atoms with E-state index in [1.807, 2.05) is 0 Å². The molecule has 0 spiro atoms. The van der Waals surface area contributed by atoms with Crippen molar-refractivity contribution >= 4 is 0 Å². The zero-order chi connectivity index (χ0) is 23.2. The van der Waals surface area contributed by atoms with Gasteiger partial charge in [-0.05, 0) is 19.0 Å². The van der Waals surface area contributed by atoms with Gasteiger partial charge in [0.15, 0.2) is 0 Å². The van der Waals surface area contributed by atoms with Gasteiger partial charge in [-0.2, -0.15) is 0 Å². The van der Waals surface area contributed by atoms with Crippen LogP contribution in [0.15, 0.2) is 12.3 Å². The molecule has 0 aliphatic rings. The lowest BCUT2D eigenvalue weighted by atomic mass is 10.0. The van der Waals surface area contributed by atoms with E-state index in [2.05, 4.69) is 45.8 Å². The number of rotatable bonds is 28. The molecular weight excluding hydrogens is 396 g/mol. The van der Waals surface area contributed by atoms with E-state index in [1.54, 1.807) is 0 Å².